The van der Waals surface area contributed by atoms with Crippen molar-refractivity contribution >= 4 is 0 Å². The number of rotatable bonds is 6. The summed E-state index contributed by atoms with van der Waals surface area (Å²) in [4.78, 5) is 4.59. The fourth-order valence-electron chi connectivity index (χ4n) is 3.34. The average molecular weight is 260 g/mol. The quantitative estimate of drug-likeness (QED) is 0.839. The molecule has 1 heterocycles. The third kappa shape index (κ3) is 3.56. The molecule has 2 nitrogen and oxygen atoms in total. The molecule has 1 aromatic heterocycles. The van der Waals surface area contributed by atoms with Crippen LogP contribution in [0.1, 0.15) is 57.2 Å². The second kappa shape index (κ2) is 6.51. The minimum absolute atomic E-state index is 0.457. The van der Waals surface area contributed by atoms with Gasteiger partial charge in [0.2, 0.25) is 0 Å². The number of hydrogen-bond donors (Lipinski definition) is 1. The van der Waals surface area contributed by atoms with Gasteiger partial charge in [-0.2, -0.15) is 0 Å². The van der Waals surface area contributed by atoms with E-state index in [1.807, 2.05) is 12.3 Å². The molecule has 1 aliphatic rings. The summed E-state index contributed by atoms with van der Waals surface area (Å²) in [7, 11) is 0. The van der Waals surface area contributed by atoms with Gasteiger partial charge in [0, 0.05) is 24.4 Å². The molecular formula is C17H28N2. The predicted octanol–water partition coefficient (Wildman–Crippen LogP) is 3.88. The Labute approximate surface area is 118 Å². The van der Waals surface area contributed by atoms with Gasteiger partial charge in [-0.25, -0.2) is 0 Å². The first kappa shape index (κ1) is 14.5. The summed E-state index contributed by atoms with van der Waals surface area (Å²) in [5, 5.41) is 3.79. The van der Waals surface area contributed by atoms with Crippen LogP contribution in [0.25, 0.3) is 0 Å². The highest BCUT2D eigenvalue weighted by atomic mass is 14.9. The van der Waals surface area contributed by atoms with Crippen molar-refractivity contribution in [2.45, 2.75) is 65.3 Å². The number of nitrogens with zero attached hydrogens (tertiary/aromatic N) is 1. The third-order valence-electron chi connectivity index (χ3n) is 4.74. The smallest absolute Gasteiger partial charge is 0.0448 e. The van der Waals surface area contributed by atoms with Crippen molar-refractivity contribution < 1.29 is 0 Å². The lowest BCUT2D eigenvalue weighted by atomic mass is 9.78. The fourth-order valence-corrected chi connectivity index (χ4v) is 3.34. The minimum atomic E-state index is 0.457. The SMILES string of the molecule is CCCNC(Cc1ncccc1C)C1(C)CCCC1. The topological polar surface area (TPSA) is 24.9 Å². The zero-order valence-electron chi connectivity index (χ0n) is 12.7. The largest absolute Gasteiger partial charge is 0.313 e. The molecule has 0 amide bonds. The van der Waals surface area contributed by atoms with Crippen LogP contribution in [0, 0.1) is 12.3 Å². The molecule has 2 heteroatoms. The molecular weight excluding hydrogens is 232 g/mol. The van der Waals surface area contributed by atoms with E-state index in [2.05, 4.69) is 37.1 Å². The first-order valence-corrected chi connectivity index (χ1v) is 7.79. The summed E-state index contributed by atoms with van der Waals surface area (Å²) in [6.45, 7) is 8.00. The maximum absolute atomic E-state index is 4.59. The second-order valence-corrected chi connectivity index (χ2v) is 6.34. The van der Waals surface area contributed by atoms with Gasteiger partial charge in [0.1, 0.15) is 0 Å². The highest BCUT2D eigenvalue weighted by Crippen LogP contribution is 2.41. The van der Waals surface area contributed by atoms with Crippen molar-refractivity contribution in [3.05, 3.63) is 29.6 Å². The van der Waals surface area contributed by atoms with Crippen molar-refractivity contribution in [3.63, 3.8) is 0 Å². The number of nitrogens with one attached hydrogen (secondary N) is 1. The van der Waals surface area contributed by atoms with Crippen LogP contribution in [0.2, 0.25) is 0 Å². The normalized spacial score (nSPS) is 19.5. The van der Waals surface area contributed by atoms with Crippen molar-refractivity contribution in [1.82, 2.24) is 10.3 Å². The van der Waals surface area contributed by atoms with Gasteiger partial charge in [0.05, 0.1) is 0 Å². The van der Waals surface area contributed by atoms with Crippen LogP contribution in [0.15, 0.2) is 18.3 Å². The van der Waals surface area contributed by atoms with E-state index in [0.29, 0.717) is 11.5 Å². The van der Waals surface area contributed by atoms with Crippen molar-refractivity contribution in [3.8, 4) is 0 Å². The Balaban J connectivity index is 2.11. The van der Waals surface area contributed by atoms with Crippen LogP contribution in [0.3, 0.4) is 0 Å². The molecule has 106 valence electrons. The molecule has 2 rings (SSSR count). The summed E-state index contributed by atoms with van der Waals surface area (Å²) in [5.41, 5.74) is 3.05. The summed E-state index contributed by atoms with van der Waals surface area (Å²) in [6.07, 6.45) is 9.71. The van der Waals surface area contributed by atoms with Crippen molar-refractivity contribution in [2.24, 2.45) is 5.41 Å². The first-order valence-electron chi connectivity index (χ1n) is 7.79. The monoisotopic (exact) mass is 260 g/mol. The van der Waals surface area contributed by atoms with Gasteiger partial charge in [-0.3, -0.25) is 4.98 Å². The molecule has 1 unspecified atom stereocenters. The molecule has 0 saturated heterocycles. The predicted molar refractivity (Wildman–Crippen MR) is 81.3 cm³/mol. The van der Waals surface area contributed by atoms with E-state index < -0.39 is 0 Å². The van der Waals surface area contributed by atoms with Crippen LogP contribution in [0.4, 0.5) is 0 Å². The van der Waals surface area contributed by atoms with Gasteiger partial charge in [0.15, 0.2) is 0 Å². The Morgan fingerprint density at radius 2 is 2.11 bits per heavy atom. The fraction of sp³-hybridized carbons (Fsp3) is 0.706. The second-order valence-electron chi connectivity index (χ2n) is 6.34. The summed E-state index contributed by atoms with van der Waals surface area (Å²) < 4.78 is 0. The minimum Gasteiger partial charge on any atom is -0.313 e. The van der Waals surface area contributed by atoms with Crippen molar-refractivity contribution in [1.29, 1.82) is 0 Å². The maximum atomic E-state index is 4.59. The highest BCUT2D eigenvalue weighted by molar-refractivity contribution is 5.19. The van der Waals surface area contributed by atoms with E-state index in [0.717, 1.165) is 13.0 Å². The summed E-state index contributed by atoms with van der Waals surface area (Å²) >= 11 is 0. The standard InChI is InChI=1S/C17H28N2/c1-4-11-19-16(17(3)9-5-6-10-17)13-15-14(2)8-7-12-18-15/h7-8,12,16,19H,4-6,9-11,13H2,1-3H3. The lowest BCUT2D eigenvalue weighted by molar-refractivity contribution is 0.218. The molecule has 1 N–H and O–H groups in total. The van der Waals surface area contributed by atoms with E-state index in [-0.39, 0.29) is 0 Å². The summed E-state index contributed by atoms with van der Waals surface area (Å²) in [6, 6.07) is 4.78. The van der Waals surface area contributed by atoms with Crippen LogP contribution in [-0.2, 0) is 6.42 Å². The van der Waals surface area contributed by atoms with E-state index >= 15 is 0 Å². The molecule has 0 bridgehead atoms. The van der Waals surface area contributed by atoms with Gasteiger partial charge in [-0.05, 0) is 49.8 Å². The van der Waals surface area contributed by atoms with Crippen LogP contribution >= 0.6 is 0 Å². The van der Waals surface area contributed by atoms with Crippen LogP contribution in [-0.4, -0.2) is 17.6 Å². The molecule has 1 aromatic rings. The molecule has 0 aromatic carbocycles. The lowest BCUT2D eigenvalue weighted by Gasteiger charge is -2.35. The van der Waals surface area contributed by atoms with Gasteiger partial charge in [0.25, 0.3) is 0 Å². The van der Waals surface area contributed by atoms with Gasteiger partial charge in [-0.15, -0.1) is 0 Å². The number of hydrogen-bond acceptors (Lipinski definition) is 2. The number of aryl methyl sites for hydroxylation is 1. The molecule has 1 saturated carbocycles. The Morgan fingerprint density at radius 3 is 2.74 bits per heavy atom. The Hall–Kier alpha value is -0.890. The van der Waals surface area contributed by atoms with Crippen LogP contribution in [0.5, 0.6) is 0 Å². The Kier molecular flexibility index (Phi) is 4.98. The molecule has 0 aliphatic heterocycles. The molecule has 19 heavy (non-hydrogen) atoms. The first-order chi connectivity index (χ1) is 9.15. The molecule has 0 spiro atoms. The van der Waals surface area contributed by atoms with E-state index in [4.69, 9.17) is 0 Å². The van der Waals surface area contributed by atoms with Crippen LogP contribution < -0.4 is 5.32 Å². The Morgan fingerprint density at radius 1 is 1.37 bits per heavy atom. The lowest BCUT2D eigenvalue weighted by Crippen LogP contribution is -2.44. The van der Waals surface area contributed by atoms with Gasteiger partial charge < -0.3 is 5.32 Å². The third-order valence-corrected chi connectivity index (χ3v) is 4.74. The van der Waals surface area contributed by atoms with E-state index in [9.17, 15) is 0 Å². The van der Waals surface area contributed by atoms with E-state index in [1.165, 1.54) is 43.4 Å². The zero-order valence-corrected chi connectivity index (χ0v) is 12.7. The molecule has 1 aliphatic carbocycles. The average Bonchev–Trinajstić information content (AvgIpc) is 2.84. The maximum Gasteiger partial charge on any atom is 0.0448 e. The molecule has 1 fully saturated rings. The Bertz CT molecular complexity index is 394. The van der Waals surface area contributed by atoms with Gasteiger partial charge in [-0.1, -0.05) is 32.8 Å². The van der Waals surface area contributed by atoms with Gasteiger partial charge >= 0.3 is 0 Å². The number of pyridine rings is 1. The number of aromatic nitrogens is 1. The van der Waals surface area contributed by atoms with Crippen molar-refractivity contribution in [2.75, 3.05) is 6.54 Å². The summed E-state index contributed by atoms with van der Waals surface area (Å²) in [5.74, 6) is 0. The van der Waals surface area contributed by atoms with E-state index in [1.54, 1.807) is 0 Å². The zero-order chi connectivity index (χ0) is 13.7. The highest BCUT2D eigenvalue weighted by Gasteiger charge is 2.36. The molecule has 1 atom stereocenters. The molecule has 0 radical (unpaired) electrons.